The highest BCUT2D eigenvalue weighted by Crippen LogP contribution is 2.18. The minimum atomic E-state index is -4.35. The largest absolute Gasteiger partial charge is 0.405 e. The van der Waals surface area contributed by atoms with E-state index in [-0.39, 0.29) is 6.04 Å². The number of nitrogens with one attached hydrogen (secondary N) is 1. The lowest BCUT2D eigenvalue weighted by Crippen LogP contribution is -2.48. The Balaban J connectivity index is 2.44. The summed E-state index contributed by atoms with van der Waals surface area (Å²) in [6, 6.07) is -0.607. The van der Waals surface area contributed by atoms with E-state index in [2.05, 4.69) is 0 Å². The molecule has 4 nitrogen and oxygen atoms in total. The Hall–Kier alpha value is -0.980. The third-order valence-corrected chi connectivity index (χ3v) is 2.65. The molecule has 1 atom stereocenters. The summed E-state index contributed by atoms with van der Waals surface area (Å²) < 4.78 is 35.9. The summed E-state index contributed by atoms with van der Waals surface area (Å²) in [4.78, 5) is 15.0. The van der Waals surface area contributed by atoms with Crippen LogP contribution in [-0.4, -0.2) is 61.8 Å². The van der Waals surface area contributed by atoms with Crippen LogP contribution in [0, 0.1) is 0 Å². The van der Waals surface area contributed by atoms with E-state index < -0.39 is 18.8 Å². The molecule has 0 spiro atoms. The predicted molar refractivity (Wildman–Crippen MR) is 57.7 cm³/mol. The highest BCUT2D eigenvalue weighted by atomic mass is 19.4. The van der Waals surface area contributed by atoms with Crippen LogP contribution < -0.4 is 5.32 Å². The number of carbonyl (C=O) groups is 1. The first-order chi connectivity index (χ1) is 7.79. The number of hydrogen-bond acceptors (Lipinski definition) is 2. The lowest BCUT2D eigenvalue weighted by atomic mass is 10.2. The molecule has 0 aromatic carbocycles. The van der Waals surface area contributed by atoms with Crippen molar-refractivity contribution in [2.75, 3.05) is 33.7 Å². The number of hydrogen-bond donors (Lipinski definition) is 1. The number of rotatable bonds is 3. The van der Waals surface area contributed by atoms with Crippen LogP contribution in [0.5, 0.6) is 0 Å². The van der Waals surface area contributed by atoms with Crippen molar-refractivity contribution in [2.24, 2.45) is 0 Å². The van der Waals surface area contributed by atoms with Crippen molar-refractivity contribution in [3.63, 3.8) is 0 Å². The first-order valence-electron chi connectivity index (χ1n) is 5.55. The molecule has 1 N–H and O–H groups in total. The van der Waals surface area contributed by atoms with Gasteiger partial charge in [-0.05, 0) is 26.9 Å². The van der Waals surface area contributed by atoms with Gasteiger partial charge in [-0.1, -0.05) is 0 Å². The second kappa shape index (κ2) is 5.57. The number of likely N-dealkylation sites (N-methyl/N-ethyl adjacent to an activating group) is 1. The van der Waals surface area contributed by atoms with Gasteiger partial charge in [0.15, 0.2) is 0 Å². The van der Waals surface area contributed by atoms with Gasteiger partial charge in [-0.15, -0.1) is 0 Å². The van der Waals surface area contributed by atoms with Gasteiger partial charge in [0, 0.05) is 19.1 Å². The Kier molecular flexibility index (Phi) is 4.62. The minimum Gasteiger partial charge on any atom is -0.329 e. The number of urea groups is 1. The molecule has 0 aromatic rings. The second-order valence-corrected chi connectivity index (χ2v) is 4.53. The molecule has 1 fully saturated rings. The molecule has 1 aliphatic heterocycles. The molecule has 0 saturated carbocycles. The van der Waals surface area contributed by atoms with Crippen LogP contribution in [0.15, 0.2) is 0 Å². The van der Waals surface area contributed by atoms with Crippen LogP contribution >= 0.6 is 0 Å². The summed E-state index contributed by atoms with van der Waals surface area (Å²) in [6.07, 6.45) is -2.66. The number of carbonyl (C=O) groups excluding carboxylic acids is 1. The smallest absolute Gasteiger partial charge is 0.329 e. The van der Waals surface area contributed by atoms with E-state index in [0.717, 1.165) is 12.8 Å². The van der Waals surface area contributed by atoms with Crippen molar-refractivity contribution in [1.29, 1.82) is 0 Å². The average Bonchev–Trinajstić information content (AvgIpc) is 2.60. The number of amides is 2. The molecule has 7 heteroatoms. The predicted octanol–water partition coefficient (Wildman–Crippen LogP) is 1.28. The molecule has 0 radical (unpaired) electrons. The van der Waals surface area contributed by atoms with Gasteiger partial charge in [-0.3, -0.25) is 0 Å². The third kappa shape index (κ3) is 4.80. The van der Waals surface area contributed by atoms with Crippen molar-refractivity contribution < 1.29 is 18.0 Å². The van der Waals surface area contributed by atoms with Gasteiger partial charge in [0.05, 0.1) is 0 Å². The summed E-state index contributed by atoms with van der Waals surface area (Å²) in [7, 11) is 3.76. The van der Waals surface area contributed by atoms with Crippen molar-refractivity contribution in [3.8, 4) is 0 Å². The Labute approximate surface area is 98.7 Å². The fourth-order valence-corrected chi connectivity index (χ4v) is 1.99. The first kappa shape index (κ1) is 14.1. The van der Waals surface area contributed by atoms with E-state index in [0.29, 0.717) is 13.1 Å². The summed E-state index contributed by atoms with van der Waals surface area (Å²) in [5.74, 6) is 0. The van der Waals surface area contributed by atoms with Gasteiger partial charge in [0.25, 0.3) is 0 Å². The maximum Gasteiger partial charge on any atom is 0.405 e. The summed E-state index contributed by atoms with van der Waals surface area (Å²) in [6.45, 7) is -0.0569. The van der Waals surface area contributed by atoms with Crippen molar-refractivity contribution in [1.82, 2.24) is 15.1 Å². The molecule has 2 amide bonds. The van der Waals surface area contributed by atoms with Gasteiger partial charge in [-0.25, -0.2) is 4.79 Å². The Bertz CT molecular complexity index is 268. The van der Waals surface area contributed by atoms with Gasteiger partial charge in [0.1, 0.15) is 6.54 Å². The summed E-state index contributed by atoms with van der Waals surface area (Å²) in [5, 5.41) is 1.91. The topological polar surface area (TPSA) is 35.6 Å². The molecular weight excluding hydrogens is 235 g/mol. The highest BCUT2D eigenvalue weighted by molar-refractivity contribution is 5.74. The average molecular weight is 253 g/mol. The van der Waals surface area contributed by atoms with Crippen molar-refractivity contribution >= 4 is 6.03 Å². The summed E-state index contributed by atoms with van der Waals surface area (Å²) >= 11 is 0. The monoisotopic (exact) mass is 253 g/mol. The maximum absolute atomic E-state index is 12.0. The summed E-state index contributed by atoms with van der Waals surface area (Å²) in [5.41, 5.74) is 0. The highest BCUT2D eigenvalue weighted by Gasteiger charge is 2.32. The van der Waals surface area contributed by atoms with E-state index in [1.807, 2.05) is 24.3 Å². The van der Waals surface area contributed by atoms with E-state index in [1.165, 1.54) is 4.90 Å². The number of halogens is 3. The fourth-order valence-electron chi connectivity index (χ4n) is 1.99. The zero-order valence-corrected chi connectivity index (χ0v) is 10.0. The van der Waals surface area contributed by atoms with Crippen molar-refractivity contribution in [3.05, 3.63) is 0 Å². The first-order valence-corrected chi connectivity index (χ1v) is 5.55. The standard InChI is InChI=1S/C10H18F3N3O/c1-15(2)6-8-4-3-5-16(8)9(17)14-7-10(11,12)13/h8H,3-7H2,1-2H3,(H,14,17). The normalized spacial score (nSPS) is 21.1. The lowest BCUT2D eigenvalue weighted by molar-refractivity contribution is -0.123. The SMILES string of the molecule is CN(C)CC1CCCN1C(=O)NCC(F)(F)F. The number of nitrogens with zero attached hydrogens (tertiary/aromatic N) is 2. The van der Waals surface area contributed by atoms with E-state index in [1.54, 1.807) is 0 Å². The van der Waals surface area contributed by atoms with E-state index in [9.17, 15) is 18.0 Å². The van der Waals surface area contributed by atoms with Gasteiger partial charge in [0.2, 0.25) is 0 Å². The molecular formula is C10H18F3N3O. The van der Waals surface area contributed by atoms with Crippen LogP contribution in [0.1, 0.15) is 12.8 Å². The van der Waals surface area contributed by atoms with Gasteiger partial charge < -0.3 is 15.1 Å². The van der Waals surface area contributed by atoms with Crippen LogP contribution in [0.25, 0.3) is 0 Å². The molecule has 0 bridgehead atoms. The van der Waals surface area contributed by atoms with Gasteiger partial charge in [-0.2, -0.15) is 13.2 Å². The Morgan fingerprint density at radius 3 is 2.65 bits per heavy atom. The molecule has 1 aliphatic rings. The number of alkyl halides is 3. The Morgan fingerprint density at radius 1 is 1.47 bits per heavy atom. The zero-order chi connectivity index (χ0) is 13.1. The second-order valence-electron chi connectivity index (χ2n) is 4.53. The van der Waals surface area contributed by atoms with E-state index >= 15 is 0 Å². The quantitative estimate of drug-likeness (QED) is 0.822. The molecule has 1 heterocycles. The Morgan fingerprint density at radius 2 is 2.12 bits per heavy atom. The van der Waals surface area contributed by atoms with E-state index in [4.69, 9.17) is 0 Å². The van der Waals surface area contributed by atoms with Crippen LogP contribution in [-0.2, 0) is 0 Å². The number of likely N-dealkylation sites (tertiary alicyclic amines) is 1. The fraction of sp³-hybridized carbons (Fsp3) is 0.900. The van der Waals surface area contributed by atoms with Crippen LogP contribution in [0.4, 0.5) is 18.0 Å². The third-order valence-electron chi connectivity index (χ3n) is 2.65. The molecule has 1 unspecified atom stereocenters. The van der Waals surface area contributed by atoms with Crippen molar-refractivity contribution in [2.45, 2.75) is 25.1 Å². The molecule has 17 heavy (non-hydrogen) atoms. The van der Waals surface area contributed by atoms with Crippen LogP contribution in [0.3, 0.4) is 0 Å². The van der Waals surface area contributed by atoms with Gasteiger partial charge >= 0.3 is 12.2 Å². The van der Waals surface area contributed by atoms with Crippen LogP contribution in [0.2, 0.25) is 0 Å². The maximum atomic E-state index is 12.0. The molecule has 1 rings (SSSR count). The zero-order valence-electron chi connectivity index (χ0n) is 10.0. The molecule has 0 aromatic heterocycles. The molecule has 0 aliphatic carbocycles. The lowest BCUT2D eigenvalue weighted by Gasteiger charge is -2.27. The molecule has 1 saturated heterocycles. The molecule has 100 valence electrons. The minimum absolute atomic E-state index is 0.0123.